The summed E-state index contributed by atoms with van der Waals surface area (Å²) in [6.45, 7) is 1.14. The van der Waals surface area contributed by atoms with Crippen molar-refractivity contribution in [2.75, 3.05) is 6.61 Å². The summed E-state index contributed by atoms with van der Waals surface area (Å²) in [6.07, 6.45) is -0.921. The Morgan fingerprint density at radius 2 is 1.48 bits per heavy atom. The molecule has 2 amide bonds. The minimum atomic E-state index is -0.921. The van der Waals surface area contributed by atoms with Crippen LogP contribution in [0.5, 0.6) is 11.5 Å². The van der Waals surface area contributed by atoms with Crippen LogP contribution < -0.4 is 20.3 Å². The summed E-state index contributed by atoms with van der Waals surface area (Å²) < 4.78 is 10.7. The molecule has 0 spiro atoms. The number of hydrazine groups is 1. The Balaban J connectivity index is 1.79. The zero-order valence-corrected chi connectivity index (χ0v) is 16.9. The van der Waals surface area contributed by atoms with Crippen LogP contribution in [-0.4, -0.2) is 24.5 Å². The highest BCUT2D eigenvalue weighted by atomic mass is 35.5. The Labute approximate surface area is 175 Å². The van der Waals surface area contributed by atoms with E-state index < -0.39 is 17.9 Å². The van der Waals surface area contributed by atoms with Crippen LogP contribution in [0, 0.1) is 0 Å². The molecular formula is C17H14Cl4N2O4. The Hall–Kier alpha value is -1.86. The third-order valence-electron chi connectivity index (χ3n) is 3.14. The molecule has 27 heavy (non-hydrogen) atoms. The average Bonchev–Trinajstić information content (AvgIpc) is 2.61. The van der Waals surface area contributed by atoms with E-state index in [-0.39, 0.29) is 28.2 Å². The first-order valence-corrected chi connectivity index (χ1v) is 9.05. The highest BCUT2D eigenvalue weighted by molar-refractivity contribution is 6.36. The van der Waals surface area contributed by atoms with Crippen molar-refractivity contribution in [2.45, 2.75) is 13.0 Å². The SMILES string of the molecule is CC(Oc1ccc(Cl)cc1Cl)C(=O)NNC(=O)COc1ccc(Cl)cc1Cl. The fourth-order valence-electron chi connectivity index (χ4n) is 1.82. The van der Waals surface area contributed by atoms with Crippen molar-refractivity contribution >= 4 is 58.2 Å². The predicted molar refractivity (Wildman–Crippen MR) is 105 cm³/mol. The molecule has 2 rings (SSSR count). The molecule has 0 saturated heterocycles. The molecule has 0 saturated carbocycles. The Kier molecular flexibility index (Phi) is 7.86. The number of nitrogens with one attached hydrogen (secondary N) is 2. The molecule has 0 fully saturated rings. The summed E-state index contributed by atoms with van der Waals surface area (Å²) in [4.78, 5) is 23.8. The summed E-state index contributed by atoms with van der Waals surface area (Å²) in [6, 6.07) is 9.19. The molecule has 0 aliphatic rings. The van der Waals surface area contributed by atoms with Gasteiger partial charge in [-0.1, -0.05) is 46.4 Å². The maximum Gasteiger partial charge on any atom is 0.279 e. The normalized spacial score (nSPS) is 11.4. The maximum absolute atomic E-state index is 12.0. The number of rotatable bonds is 6. The van der Waals surface area contributed by atoms with Gasteiger partial charge in [-0.15, -0.1) is 0 Å². The van der Waals surface area contributed by atoms with Crippen LogP contribution in [0.1, 0.15) is 6.92 Å². The lowest BCUT2D eigenvalue weighted by Crippen LogP contribution is -2.48. The van der Waals surface area contributed by atoms with E-state index in [2.05, 4.69) is 10.9 Å². The third-order valence-corrected chi connectivity index (χ3v) is 4.21. The molecule has 10 heteroatoms. The number of amides is 2. The fraction of sp³-hybridized carbons (Fsp3) is 0.176. The zero-order chi connectivity index (χ0) is 20.0. The summed E-state index contributed by atoms with van der Waals surface area (Å²) in [5.74, 6) is -0.600. The van der Waals surface area contributed by atoms with Gasteiger partial charge in [0.15, 0.2) is 12.7 Å². The molecule has 1 unspecified atom stereocenters. The summed E-state index contributed by atoms with van der Waals surface area (Å²) in [5, 5.41) is 1.41. The van der Waals surface area contributed by atoms with E-state index in [9.17, 15) is 9.59 Å². The average molecular weight is 452 g/mol. The van der Waals surface area contributed by atoms with Crippen molar-refractivity contribution in [3.8, 4) is 11.5 Å². The van der Waals surface area contributed by atoms with E-state index in [1.54, 1.807) is 12.1 Å². The molecule has 0 heterocycles. The maximum atomic E-state index is 12.0. The first kappa shape index (κ1) is 21.4. The Morgan fingerprint density at radius 3 is 2.04 bits per heavy atom. The largest absolute Gasteiger partial charge is 0.482 e. The minimum absolute atomic E-state index is 0.263. The second-order valence-corrected chi connectivity index (χ2v) is 6.92. The van der Waals surface area contributed by atoms with Gasteiger partial charge in [0.25, 0.3) is 11.8 Å². The number of hydrogen-bond donors (Lipinski definition) is 2. The van der Waals surface area contributed by atoms with Crippen molar-refractivity contribution in [1.29, 1.82) is 0 Å². The number of ether oxygens (including phenoxy) is 2. The molecule has 0 aliphatic carbocycles. The number of halogens is 4. The second-order valence-electron chi connectivity index (χ2n) is 5.24. The molecule has 0 bridgehead atoms. The lowest BCUT2D eigenvalue weighted by atomic mass is 10.3. The van der Waals surface area contributed by atoms with Crippen LogP contribution in [0.2, 0.25) is 20.1 Å². The molecule has 0 aromatic heterocycles. The van der Waals surface area contributed by atoms with E-state index in [1.165, 1.54) is 31.2 Å². The van der Waals surface area contributed by atoms with Gasteiger partial charge >= 0.3 is 0 Å². The Morgan fingerprint density at radius 1 is 0.926 bits per heavy atom. The quantitative estimate of drug-likeness (QED) is 0.642. The van der Waals surface area contributed by atoms with E-state index in [1.807, 2.05) is 0 Å². The van der Waals surface area contributed by atoms with Gasteiger partial charge in [0.1, 0.15) is 11.5 Å². The molecule has 144 valence electrons. The summed E-state index contributed by atoms with van der Waals surface area (Å²) in [5.41, 5.74) is 4.43. The van der Waals surface area contributed by atoms with E-state index in [0.29, 0.717) is 10.0 Å². The molecule has 0 radical (unpaired) electrons. The molecule has 1 atom stereocenters. The second kappa shape index (κ2) is 9.90. The van der Waals surface area contributed by atoms with Gasteiger partial charge in [0, 0.05) is 10.0 Å². The molecular weight excluding hydrogens is 438 g/mol. The first-order chi connectivity index (χ1) is 12.8. The standard InChI is InChI=1S/C17H14Cl4N2O4/c1-9(27-15-5-3-11(19)7-13(15)21)17(25)23-22-16(24)8-26-14-4-2-10(18)6-12(14)20/h2-7,9H,8H2,1H3,(H,22,24)(H,23,25). The smallest absolute Gasteiger partial charge is 0.279 e. The predicted octanol–water partition coefficient (Wildman–Crippen LogP) is 4.29. The summed E-state index contributed by atoms with van der Waals surface area (Å²) >= 11 is 23.5. The fourth-order valence-corrected chi connectivity index (χ4v) is 2.74. The lowest BCUT2D eigenvalue weighted by Gasteiger charge is -2.16. The number of hydrogen-bond acceptors (Lipinski definition) is 4. The minimum Gasteiger partial charge on any atom is -0.482 e. The van der Waals surface area contributed by atoms with Crippen LogP contribution in [0.15, 0.2) is 36.4 Å². The van der Waals surface area contributed by atoms with Crippen molar-refractivity contribution in [2.24, 2.45) is 0 Å². The highest BCUT2D eigenvalue weighted by Crippen LogP contribution is 2.28. The van der Waals surface area contributed by atoms with E-state index in [0.717, 1.165) is 0 Å². The molecule has 2 aromatic rings. The van der Waals surface area contributed by atoms with Crippen molar-refractivity contribution in [3.63, 3.8) is 0 Å². The van der Waals surface area contributed by atoms with Gasteiger partial charge in [-0.25, -0.2) is 0 Å². The van der Waals surface area contributed by atoms with E-state index in [4.69, 9.17) is 55.9 Å². The lowest BCUT2D eigenvalue weighted by molar-refractivity contribution is -0.133. The van der Waals surface area contributed by atoms with Crippen molar-refractivity contribution < 1.29 is 19.1 Å². The highest BCUT2D eigenvalue weighted by Gasteiger charge is 2.17. The van der Waals surface area contributed by atoms with Gasteiger partial charge in [-0.05, 0) is 43.3 Å². The van der Waals surface area contributed by atoms with Crippen LogP contribution in [0.4, 0.5) is 0 Å². The van der Waals surface area contributed by atoms with Crippen LogP contribution >= 0.6 is 46.4 Å². The first-order valence-electron chi connectivity index (χ1n) is 7.54. The molecule has 2 aromatic carbocycles. The van der Waals surface area contributed by atoms with Gasteiger partial charge in [-0.2, -0.15) is 0 Å². The number of carbonyl (C=O) groups is 2. The molecule has 6 nitrogen and oxygen atoms in total. The van der Waals surface area contributed by atoms with Crippen molar-refractivity contribution in [1.82, 2.24) is 10.9 Å². The molecule has 2 N–H and O–H groups in total. The summed E-state index contributed by atoms with van der Waals surface area (Å²) in [7, 11) is 0. The Bertz CT molecular complexity index is 848. The van der Waals surface area contributed by atoms with Crippen LogP contribution in [0.3, 0.4) is 0 Å². The van der Waals surface area contributed by atoms with Gasteiger partial charge in [0.05, 0.1) is 10.0 Å². The number of carbonyl (C=O) groups excluding carboxylic acids is 2. The number of benzene rings is 2. The molecule has 0 aliphatic heterocycles. The zero-order valence-electron chi connectivity index (χ0n) is 13.9. The van der Waals surface area contributed by atoms with Crippen LogP contribution in [-0.2, 0) is 9.59 Å². The van der Waals surface area contributed by atoms with Gasteiger partial charge < -0.3 is 9.47 Å². The van der Waals surface area contributed by atoms with Crippen molar-refractivity contribution in [3.05, 3.63) is 56.5 Å². The van der Waals surface area contributed by atoms with Crippen LogP contribution in [0.25, 0.3) is 0 Å². The topological polar surface area (TPSA) is 76.7 Å². The van der Waals surface area contributed by atoms with Gasteiger partial charge in [0.2, 0.25) is 0 Å². The van der Waals surface area contributed by atoms with E-state index >= 15 is 0 Å². The third kappa shape index (κ3) is 6.66. The van der Waals surface area contributed by atoms with Gasteiger partial charge in [-0.3, -0.25) is 20.4 Å². The monoisotopic (exact) mass is 450 g/mol.